The van der Waals surface area contributed by atoms with Crippen molar-refractivity contribution in [3.63, 3.8) is 0 Å². The van der Waals surface area contributed by atoms with E-state index in [-0.39, 0.29) is 11.8 Å². The first-order valence-corrected chi connectivity index (χ1v) is 9.23. The highest BCUT2D eigenvalue weighted by molar-refractivity contribution is 6.30. The minimum absolute atomic E-state index is 0.0229. The molecule has 28 heavy (non-hydrogen) atoms. The van der Waals surface area contributed by atoms with Gasteiger partial charge in [-0.1, -0.05) is 28.9 Å². The van der Waals surface area contributed by atoms with Crippen molar-refractivity contribution in [2.75, 3.05) is 18.0 Å². The number of benzene rings is 1. The number of ether oxygens (including phenoxy) is 1. The Kier molecular flexibility index (Phi) is 5.12. The van der Waals surface area contributed by atoms with E-state index in [1.807, 2.05) is 17.0 Å². The van der Waals surface area contributed by atoms with E-state index in [4.69, 9.17) is 26.6 Å². The van der Waals surface area contributed by atoms with Gasteiger partial charge in [-0.05, 0) is 18.2 Å². The number of rotatable bonds is 5. The van der Waals surface area contributed by atoms with Gasteiger partial charge in [0.2, 0.25) is 5.82 Å². The first kappa shape index (κ1) is 18.2. The molecule has 3 aromatic rings. The predicted molar refractivity (Wildman–Crippen MR) is 103 cm³/mol. The second-order valence-electron chi connectivity index (χ2n) is 6.46. The number of piperidine rings is 1. The second kappa shape index (κ2) is 7.85. The SMILES string of the molecule is NC(=O)c1cc(OC2CCN(c3nc(-c4cccc(Cl)c4)no3)CC2)ccn1. The van der Waals surface area contributed by atoms with Crippen LogP contribution in [-0.4, -0.2) is 40.2 Å². The zero-order valence-electron chi connectivity index (χ0n) is 14.9. The van der Waals surface area contributed by atoms with Crippen LogP contribution >= 0.6 is 11.6 Å². The van der Waals surface area contributed by atoms with Crippen LogP contribution in [0, 0.1) is 0 Å². The Bertz CT molecular complexity index is 985. The van der Waals surface area contributed by atoms with Crippen molar-refractivity contribution < 1.29 is 14.1 Å². The van der Waals surface area contributed by atoms with Gasteiger partial charge in [-0.3, -0.25) is 9.78 Å². The maximum absolute atomic E-state index is 11.2. The molecule has 0 aliphatic carbocycles. The summed E-state index contributed by atoms with van der Waals surface area (Å²) in [5.74, 6) is 0.516. The fourth-order valence-electron chi connectivity index (χ4n) is 3.07. The molecule has 1 saturated heterocycles. The molecule has 144 valence electrons. The van der Waals surface area contributed by atoms with E-state index in [2.05, 4.69) is 15.1 Å². The number of hydrogen-bond acceptors (Lipinski definition) is 7. The van der Waals surface area contributed by atoms with Gasteiger partial charge >= 0.3 is 6.01 Å². The molecule has 0 atom stereocenters. The highest BCUT2D eigenvalue weighted by Gasteiger charge is 2.24. The molecule has 0 spiro atoms. The number of aromatic nitrogens is 3. The Morgan fingerprint density at radius 2 is 2.07 bits per heavy atom. The van der Waals surface area contributed by atoms with E-state index in [0.717, 1.165) is 31.5 Å². The third kappa shape index (κ3) is 4.07. The molecule has 1 aliphatic rings. The first-order valence-electron chi connectivity index (χ1n) is 8.85. The van der Waals surface area contributed by atoms with Crippen LogP contribution in [-0.2, 0) is 0 Å². The number of nitrogens with two attached hydrogens (primary N) is 1. The van der Waals surface area contributed by atoms with Crippen LogP contribution in [0.1, 0.15) is 23.3 Å². The number of halogens is 1. The van der Waals surface area contributed by atoms with E-state index in [0.29, 0.717) is 22.6 Å². The summed E-state index contributed by atoms with van der Waals surface area (Å²) in [5, 5.41) is 4.67. The Morgan fingerprint density at radius 3 is 2.82 bits per heavy atom. The Balaban J connectivity index is 1.37. The molecule has 8 nitrogen and oxygen atoms in total. The van der Waals surface area contributed by atoms with Crippen LogP contribution in [0.5, 0.6) is 5.75 Å². The van der Waals surface area contributed by atoms with Crippen LogP contribution < -0.4 is 15.4 Å². The van der Waals surface area contributed by atoms with Crippen LogP contribution in [0.2, 0.25) is 5.02 Å². The summed E-state index contributed by atoms with van der Waals surface area (Å²) in [4.78, 5) is 21.7. The molecule has 3 heterocycles. The van der Waals surface area contributed by atoms with Gasteiger partial charge in [-0.15, -0.1) is 0 Å². The molecule has 0 bridgehead atoms. The third-order valence-electron chi connectivity index (χ3n) is 4.50. The summed E-state index contributed by atoms with van der Waals surface area (Å²) < 4.78 is 11.4. The molecular formula is C19H18ClN5O3. The van der Waals surface area contributed by atoms with Gasteiger partial charge in [0.25, 0.3) is 5.91 Å². The normalized spacial score (nSPS) is 14.8. The number of carbonyl (C=O) groups excluding carboxylic acids is 1. The van der Waals surface area contributed by atoms with E-state index in [9.17, 15) is 4.79 Å². The highest BCUT2D eigenvalue weighted by atomic mass is 35.5. The molecule has 4 rings (SSSR count). The summed E-state index contributed by atoms with van der Waals surface area (Å²) in [6.45, 7) is 1.44. The summed E-state index contributed by atoms with van der Waals surface area (Å²) in [7, 11) is 0. The minimum atomic E-state index is -0.577. The van der Waals surface area contributed by atoms with Gasteiger partial charge in [0.05, 0.1) is 0 Å². The lowest BCUT2D eigenvalue weighted by Crippen LogP contribution is -2.38. The summed E-state index contributed by atoms with van der Waals surface area (Å²) >= 11 is 6.02. The molecular weight excluding hydrogens is 382 g/mol. The number of amides is 1. The highest BCUT2D eigenvalue weighted by Crippen LogP contribution is 2.25. The van der Waals surface area contributed by atoms with Gasteiger partial charge in [0.15, 0.2) is 0 Å². The molecule has 2 aromatic heterocycles. The van der Waals surface area contributed by atoms with Crippen LogP contribution in [0.15, 0.2) is 47.1 Å². The lowest BCUT2D eigenvalue weighted by atomic mass is 10.1. The lowest BCUT2D eigenvalue weighted by Gasteiger charge is -2.30. The smallest absolute Gasteiger partial charge is 0.324 e. The van der Waals surface area contributed by atoms with Crippen molar-refractivity contribution in [1.82, 2.24) is 15.1 Å². The number of pyridine rings is 1. The number of carbonyl (C=O) groups is 1. The fraction of sp³-hybridized carbons (Fsp3) is 0.263. The third-order valence-corrected chi connectivity index (χ3v) is 4.73. The van der Waals surface area contributed by atoms with E-state index in [1.165, 1.54) is 6.20 Å². The Hall–Kier alpha value is -3.13. The molecule has 2 N–H and O–H groups in total. The molecule has 1 fully saturated rings. The van der Waals surface area contributed by atoms with Gasteiger partial charge in [-0.2, -0.15) is 4.98 Å². The summed E-state index contributed by atoms with van der Waals surface area (Å²) in [6, 6.07) is 11.1. The number of anilines is 1. The van der Waals surface area contributed by atoms with E-state index in [1.54, 1.807) is 24.3 Å². The largest absolute Gasteiger partial charge is 0.490 e. The standard InChI is InChI=1S/C19H18ClN5O3/c20-13-3-1-2-12(10-13)18-23-19(28-24-18)25-8-5-14(6-9-25)27-15-4-7-22-16(11-15)17(21)26/h1-4,7,10-11,14H,5-6,8-9H2,(H2,21,26). The van der Waals surface area contributed by atoms with Gasteiger partial charge in [0.1, 0.15) is 17.5 Å². The summed E-state index contributed by atoms with van der Waals surface area (Å²) in [5.41, 5.74) is 6.25. The first-order chi connectivity index (χ1) is 13.6. The minimum Gasteiger partial charge on any atom is -0.490 e. The molecule has 9 heteroatoms. The van der Waals surface area contributed by atoms with E-state index >= 15 is 0 Å². The summed E-state index contributed by atoms with van der Waals surface area (Å²) in [6.07, 6.45) is 3.10. The topological polar surface area (TPSA) is 107 Å². The van der Waals surface area contributed by atoms with Gasteiger partial charge in [-0.25, -0.2) is 0 Å². The second-order valence-corrected chi connectivity index (χ2v) is 6.89. The molecule has 1 amide bonds. The molecule has 0 saturated carbocycles. The number of nitrogens with zero attached hydrogens (tertiary/aromatic N) is 4. The number of hydrogen-bond donors (Lipinski definition) is 1. The molecule has 1 aliphatic heterocycles. The zero-order chi connectivity index (χ0) is 19.5. The van der Waals surface area contributed by atoms with Crippen LogP contribution in [0.25, 0.3) is 11.4 Å². The fourth-order valence-corrected chi connectivity index (χ4v) is 3.26. The van der Waals surface area contributed by atoms with Crippen LogP contribution in [0.3, 0.4) is 0 Å². The monoisotopic (exact) mass is 399 g/mol. The maximum atomic E-state index is 11.2. The van der Waals surface area contributed by atoms with Crippen molar-refractivity contribution in [3.05, 3.63) is 53.3 Å². The van der Waals surface area contributed by atoms with Crippen molar-refractivity contribution in [3.8, 4) is 17.1 Å². The Morgan fingerprint density at radius 1 is 1.25 bits per heavy atom. The van der Waals surface area contributed by atoms with Crippen molar-refractivity contribution in [1.29, 1.82) is 0 Å². The van der Waals surface area contributed by atoms with Crippen LogP contribution in [0.4, 0.5) is 6.01 Å². The van der Waals surface area contributed by atoms with Crippen molar-refractivity contribution in [2.24, 2.45) is 5.73 Å². The number of primary amides is 1. The van der Waals surface area contributed by atoms with Crippen molar-refractivity contribution >= 4 is 23.5 Å². The van der Waals surface area contributed by atoms with Gasteiger partial charge in [0, 0.05) is 48.8 Å². The Labute approximate surface area is 166 Å². The average molecular weight is 400 g/mol. The zero-order valence-corrected chi connectivity index (χ0v) is 15.7. The average Bonchev–Trinajstić information content (AvgIpc) is 3.19. The van der Waals surface area contributed by atoms with Gasteiger partial charge < -0.3 is 19.9 Å². The quantitative estimate of drug-likeness (QED) is 0.702. The predicted octanol–water partition coefficient (Wildman–Crippen LogP) is 2.93. The maximum Gasteiger partial charge on any atom is 0.324 e. The lowest BCUT2D eigenvalue weighted by molar-refractivity contribution is 0.0994. The molecule has 1 aromatic carbocycles. The molecule has 0 unspecified atom stereocenters. The van der Waals surface area contributed by atoms with Crippen molar-refractivity contribution in [2.45, 2.75) is 18.9 Å². The molecule has 0 radical (unpaired) electrons. The van der Waals surface area contributed by atoms with E-state index < -0.39 is 5.91 Å².